The SMILES string of the molecule is CCOCc1cn([C@H]2CC(F)[C@@H](CO)O2)c(=O)[nH]c1=O. The smallest absolute Gasteiger partial charge is 0.330 e. The number of alkyl halides is 1. The molecule has 1 fully saturated rings. The van der Waals surface area contributed by atoms with Gasteiger partial charge in [-0.2, -0.15) is 0 Å². The molecule has 0 amide bonds. The molecule has 1 aromatic rings. The van der Waals surface area contributed by atoms with Gasteiger partial charge in [0.1, 0.15) is 18.5 Å². The molecule has 8 heteroatoms. The highest BCUT2D eigenvalue weighted by Crippen LogP contribution is 2.29. The van der Waals surface area contributed by atoms with Crippen molar-refractivity contribution in [3.05, 3.63) is 32.6 Å². The van der Waals surface area contributed by atoms with Gasteiger partial charge in [0.15, 0.2) is 0 Å². The van der Waals surface area contributed by atoms with Gasteiger partial charge in [-0.15, -0.1) is 0 Å². The largest absolute Gasteiger partial charge is 0.394 e. The van der Waals surface area contributed by atoms with E-state index in [1.807, 2.05) is 0 Å². The molecule has 112 valence electrons. The Balaban J connectivity index is 2.28. The number of hydrogen-bond donors (Lipinski definition) is 2. The van der Waals surface area contributed by atoms with Crippen LogP contribution < -0.4 is 11.2 Å². The first-order valence-electron chi connectivity index (χ1n) is 6.39. The molecule has 2 rings (SSSR count). The van der Waals surface area contributed by atoms with Crippen LogP contribution in [-0.2, 0) is 16.1 Å². The maximum absolute atomic E-state index is 13.5. The van der Waals surface area contributed by atoms with E-state index in [2.05, 4.69) is 4.98 Å². The van der Waals surface area contributed by atoms with Crippen LogP contribution in [0.2, 0.25) is 0 Å². The van der Waals surface area contributed by atoms with Crippen molar-refractivity contribution in [2.75, 3.05) is 13.2 Å². The van der Waals surface area contributed by atoms with E-state index >= 15 is 0 Å². The van der Waals surface area contributed by atoms with E-state index in [-0.39, 0.29) is 18.6 Å². The number of aromatic nitrogens is 2. The predicted molar refractivity (Wildman–Crippen MR) is 67.2 cm³/mol. The van der Waals surface area contributed by atoms with Crippen LogP contribution in [0.4, 0.5) is 4.39 Å². The molecule has 1 aromatic heterocycles. The molecule has 0 radical (unpaired) electrons. The second-order valence-electron chi connectivity index (χ2n) is 4.52. The van der Waals surface area contributed by atoms with Crippen LogP contribution in [0.1, 0.15) is 25.1 Å². The Labute approximate surface area is 114 Å². The first-order chi connectivity index (χ1) is 9.56. The van der Waals surface area contributed by atoms with Crippen LogP contribution in [0.25, 0.3) is 0 Å². The van der Waals surface area contributed by atoms with Crippen LogP contribution >= 0.6 is 0 Å². The zero-order valence-corrected chi connectivity index (χ0v) is 11.0. The summed E-state index contributed by atoms with van der Waals surface area (Å²) < 4.78 is 25.1. The van der Waals surface area contributed by atoms with Crippen molar-refractivity contribution in [1.82, 2.24) is 9.55 Å². The lowest BCUT2D eigenvalue weighted by Crippen LogP contribution is -2.34. The summed E-state index contributed by atoms with van der Waals surface area (Å²) in [7, 11) is 0. The molecular formula is C12H17FN2O5. The lowest BCUT2D eigenvalue weighted by Gasteiger charge is -2.15. The number of nitrogens with zero attached hydrogens (tertiary/aromatic N) is 1. The Morgan fingerprint density at radius 3 is 2.95 bits per heavy atom. The van der Waals surface area contributed by atoms with Crippen molar-refractivity contribution < 1.29 is 19.0 Å². The van der Waals surface area contributed by atoms with Gasteiger partial charge in [-0.3, -0.25) is 14.3 Å². The van der Waals surface area contributed by atoms with Crippen LogP contribution in [0, 0.1) is 0 Å². The standard InChI is InChI=1S/C12H17FN2O5/c1-2-19-6-7-4-15(12(18)14-11(7)17)10-3-8(13)9(5-16)20-10/h4,8-10,16H,2-3,5-6H2,1H3,(H,14,17,18)/t8?,9-,10-/m1/s1. The fourth-order valence-electron chi connectivity index (χ4n) is 2.08. The second kappa shape index (κ2) is 6.29. The fourth-order valence-corrected chi connectivity index (χ4v) is 2.08. The quantitative estimate of drug-likeness (QED) is 0.775. The van der Waals surface area contributed by atoms with Crippen LogP contribution in [0.5, 0.6) is 0 Å². The molecule has 1 saturated heterocycles. The molecular weight excluding hydrogens is 271 g/mol. The van der Waals surface area contributed by atoms with E-state index in [1.165, 1.54) is 6.20 Å². The lowest BCUT2D eigenvalue weighted by atomic mass is 10.2. The fraction of sp³-hybridized carbons (Fsp3) is 0.667. The summed E-state index contributed by atoms with van der Waals surface area (Å²) in [5.74, 6) is 0. The number of aliphatic hydroxyl groups is 1. The van der Waals surface area contributed by atoms with Gasteiger partial charge in [0, 0.05) is 19.2 Å². The summed E-state index contributed by atoms with van der Waals surface area (Å²) in [4.78, 5) is 25.5. The maximum atomic E-state index is 13.5. The topological polar surface area (TPSA) is 93.6 Å². The number of rotatable bonds is 5. The molecule has 2 heterocycles. The van der Waals surface area contributed by atoms with Gasteiger partial charge in [0.2, 0.25) is 0 Å². The zero-order valence-electron chi connectivity index (χ0n) is 11.0. The summed E-state index contributed by atoms with van der Waals surface area (Å²) in [5, 5.41) is 8.96. The molecule has 1 unspecified atom stereocenters. The molecule has 1 aliphatic heterocycles. The van der Waals surface area contributed by atoms with E-state index in [4.69, 9.17) is 14.6 Å². The molecule has 0 aliphatic carbocycles. The Morgan fingerprint density at radius 1 is 1.60 bits per heavy atom. The number of halogens is 1. The highest BCUT2D eigenvalue weighted by Gasteiger charge is 2.36. The highest BCUT2D eigenvalue weighted by molar-refractivity contribution is 5.04. The third-order valence-electron chi connectivity index (χ3n) is 3.16. The number of aromatic amines is 1. The van der Waals surface area contributed by atoms with E-state index in [1.54, 1.807) is 6.92 Å². The minimum Gasteiger partial charge on any atom is -0.394 e. The van der Waals surface area contributed by atoms with Crippen molar-refractivity contribution in [2.45, 2.75) is 38.5 Å². The Morgan fingerprint density at radius 2 is 2.35 bits per heavy atom. The van der Waals surface area contributed by atoms with E-state index in [0.29, 0.717) is 6.61 Å². The van der Waals surface area contributed by atoms with Crippen LogP contribution in [-0.4, -0.2) is 40.1 Å². The van der Waals surface area contributed by atoms with Crippen molar-refractivity contribution >= 4 is 0 Å². The van der Waals surface area contributed by atoms with E-state index < -0.39 is 36.4 Å². The first kappa shape index (κ1) is 14.9. The molecule has 2 N–H and O–H groups in total. The van der Waals surface area contributed by atoms with Crippen molar-refractivity contribution in [3.63, 3.8) is 0 Å². The number of ether oxygens (including phenoxy) is 2. The van der Waals surface area contributed by atoms with Gasteiger partial charge in [-0.1, -0.05) is 0 Å². The van der Waals surface area contributed by atoms with Gasteiger partial charge in [0.05, 0.1) is 18.8 Å². The third-order valence-corrected chi connectivity index (χ3v) is 3.16. The number of hydrogen-bond acceptors (Lipinski definition) is 5. The van der Waals surface area contributed by atoms with Crippen molar-refractivity contribution in [2.24, 2.45) is 0 Å². The third kappa shape index (κ3) is 2.97. The van der Waals surface area contributed by atoms with E-state index in [9.17, 15) is 14.0 Å². The van der Waals surface area contributed by atoms with Crippen molar-refractivity contribution in [3.8, 4) is 0 Å². The van der Waals surface area contributed by atoms with Gasteiger partial charge in [-0.25, -0.2) is 9.18 Å². The minimum absolute atomic E-state index is 0.0503. The Bertz CT molecular complexity index is 570. The summed E-state index contributed by atoms with van der Waals surface area (Å²) in [5.41, 5.74) is -0.947. The van der Waals surface area contributed by atoms with E-state index in [0.717, 1.165) is 4.57 Å². The van der Waals surface area contributed by atoms with Crippen LogP contribution in [0.3, 0.4) is 0 Å². The number of aliphatic hydroxyl groups excluding tert-OH is 1. The summed E-state index contributed by atoms with van der Waals surface area (Å²) in [6, 6.07) is 0. The number of nitrogens with one attached hydrogen (secondary N) is 1. The zero-order chi connectivity index (χ0) is 14.7. The Hall–Kier alpha value is -1.51. The van der Waals surface area contributed by atoms with Gasteiger partial charge in [-0.05, 0) is 6.92 Å². The summed E-state index contributed by atoms with van der Waals surface area (Å²) in [6.45, 7) is 1.81. The van der Waals surface area contributed by atoms with Crippen LogP contribution in [0.15, 0.2) is 15.8 Å². The Kier molecular flexibility index (Phi) is 4.69. The lowest BCUT2D eigenvalue weighted by molar-refractivity contribution is -0.0358. The first-order valence-corrected chi connectivity index (χ1v) is 6.39. The molecule has 0 saturated carbocycles. The number of H-pyrrole nitrogens is 1. The van der Waals surface area contributed by atoms with Gasteiger partial charge >= 0.3 is 5.69 Å². The maximum Gasteiger partial charge on any atom is 0.330 e. The average Bonchev–Trinajstić information content (AvgIpc) is 2.79. The molecule has 0 aromatic carbocycles. The van der Waals surface area contributed by atoms with Gasteiger partial charge < -0.3 is 14.6 Å². The van der Waals surface area contributed by atoms with Gasteiger partial charge in [0.25, 0.3) is 5.56 Å². The highest BCUT2D eigenvalue weighted by atomic mass is 19.1. The van der Waals surface area contributed by atoms with Crippen molar-refractivity contribution in [1.29, 1.82) is 0 Å². The molecule has 1 aliphatic rings. The molecule has 20 heavy (non-hydrogen) atoms. The monoisotopic (exact) mass is 288 g/mol. The predicted octanol–water partition coefficient (Wildman–Crippen LogP) is -0.309. The second-order valence-corrected chi connectivity index (χ2v) is 4.52. The minimum atomic E-state index is -1.35. The molecule has 3 atom stereocenters. The summed E-state index contributed by atoms with van der Waals surface area (Å²) >= 11 is 0. The molecule has 0 bridgehead atoms. The average molecular weight is 288 g/mol. The normalized spacial score (nSPS) is 26.1. The molecule has 7 nitrogen and oxygen atoms in total. The summed E-state index contributed by atoms with van der Waals surface area (Å²) in [6.07, 6.45) is -1.88. The molecule has 0 spiro atoms.